The minimum absolute atomic E-state index is 0.0120. The molecule has 0 aliphatic heterocycles. The van der Waals surface area contributed by atoms with Crippen LogP contribution < -0.4 is 26.6 Å². The maximum Gasteiger partial charge on any atom is 0.250 e. The number of nitrogens with one attached hydrogen (secondary N) is 5. The SMILES string of the molecule is CC(C)(C)CC(OCC1CCCC1)C(=O)NC(C)(C)C.CC(C)(C)NC(=O)C(CC1CCC1)OCC1CCCC1.CC(C)(C)NC(=O)C(OCC1CCCC1)C(C)(C)C.CC(C)C(OCC1CCCC1)C(=O)NC(C)(C)C.CC1CC1CC(OCC1CCCC1)C(=O)NC(C)(C)C. The van der Waals surface area contributed by atoms with Crippen molar-refractivity contribution in [3.63, 3.8) is 0 Å². The van der Waals surface area contributed by atoms with Crippen LogP contribution in [0.3, 0.4) is 0 Å². The highest BCUT2D eigenvalue weighted by atomic mass is 16.5. The van der Waals surface area contributed by atoms with Gasteiger partial charge < -0.3 is 50.3 Å². The first-order valence-corrected chi connectivity index (χ1v) is 39.4. The van der Waals surface area contributed by atoms with Crippen molar-refractivity contribution in [1.29, 1.82) is 0 Å². The molecule has 7 rings (SSSR count). The molecule has 0 saturated heterocycles. The Morgan fingerprint density at radius 1 is 0.340 bits per heavy atom. The summed E-state index contributed by atoms with van der Waals surface area (Å²) < 4.78 is 29.9. The average molecular weight is 1370 g/mol. The van der Waals surface area contributed by atoms with Gasteiger partial charge in [0.05, 0.1) is 33.0 Å². The number of hydrogen-bond acceptors (Lipinski definition) is 10. The monoisotopic (exact) mass is 1370 g/mol. The van der Waals surface area contributed by atoms with Gasteiger partial charge in [0.15, 0.2) is 0 Å². The molecule has 0 aromatic carbocycles. The van der Waals surface area contributed by atoms with E-state index in [0.717, 1.165) is 58.2 Å². The van der Waals surface area contributed by atoms with E-state index < -0.39 is 0 Å². The van der Waals surface area contributed by atoms with E-state index in [1.54, 1.807) is 0 Å². The summed E-state index contributed by atoms with van der Waals surface area (Å²) in [6.07, 6.45) is 32.0. The zero-order chi connectivity index (χ0) is 73.2. The minimum Gasteiger partial charge on any atom is -0.368 e. The van der Waals surface area contributed by atoms with Gasteiger partial charge >= 0.3 is 0 Å². The van der Waals surface area contributed by atoms with Crippen LogP contribution in [0.15, 0.2) is 0 Å². The van der Waals surface area contributed by atoms with Crippen LogP contribution in [0.4, 0.5) is 0 Å². The van der Waals surface area contributed by atoms with E-state index in [-0.39, 0.29) is 104 Å². The predicted octanol–water partition coefficient (Wildman–Crippen LogP) is 17.8. The molecule has 7 aliphatic carbocycles. The van der Waals surface area contributed by atoms with E-state index in [2.05, 4.69) is 75.1 Å². The van der Waals surface area contributed by atoms with Crippen LogP contribution in [0, 0.1) is 64.1 Å². The Bertz CT molecular complexity index is 2170. The summed E-state index contributed by atoms with van der Waals surface area (Å²) in [5.41, 5.74) is -1.04. The molecule has 0 bridgehead atoms. The maximum atomic E-state index is 12.4. The molecule has 0 aromatic heterocycles. The predicted molar refractivity (Wildman–Crippen MR) is 400 cm³/mol. The molecule has 7 unspecified atom stereocenters. The summed E-state index contributed by atoms with van der Waals surface area (Å²) in [5.74, 6) is 5.93. The highest BCUT2D eigenvalue weighted by Gasteiger charge is 2.39. The van der Waals surface area contributed by atoms with Crippen LogP contribution >= 0.6 is 0 Å². The first kappa shape index (κ1) is 88.4. The van der Waals surface area contributed by atoms with Crippen molar-refractivity contribution in [3.8, 4) is 0 Å². The second-order valence-electron chi connectivity index (χ2n) is 39.0. The van der Waals surface area contributed by atoms with E-state index >= 15 is 0 Å². The lowest BCUT2D eigenvalue weighted by Crippen LogP contribution is -2.51. The van der Waals surface area contributed by atoms with Gasteiger partial charge in [0.1, 0.15) is 30.5 Å². The average Bonchev–Trinajstić information content (AvgIpc) is 1.82. The Morgan fingerprint density at radius 2 is 0.608 bits per heavy atom. The van der Waals surface area contributed by atoms with Gasteiger partial charge in [-0.3, -0.25) is 24.0 Å². The van der Waals surface area contributed by atoms with Gasteiger partial charge in [-0.2, -0.15) is 0 Å². The fourth-order valence-corrected chi connectivity index (χ4v) is 13.9. The zero-order valence-corrected chi connectivity index (χ0v) is 67.3. The Kier molecular flexibility index (Phi) is 37.8. The molecule has 7 saturated carbocycles. The number of carbonyl (C=O) groups excluding carboxylic acids is 5. The molecule has 0 aromatic rings. The third-order valence-corrected chi connectivity index (χ3v) is 19.6. The molecule has 0 spiro atoms. The fourth-order valence-electron chi connectivity index (χ4n) is 13.9. The van der Waals surface area contributed by atoms with Crippen molar-refractivity contribution in [2.45, 2.75) is 398 Å². The Labute approximate surface area is 595 Å². The number of amides is 5. The highest BCUT2D eigenvalue weighted by Crippen LogP contribution is 2.42. The quantitative estimate of drug-likeness (QED) is 0.0557. The van der Waals surface area contributed by atoms with E-state index in [4.69, 9.17) is 23.7 Å². The van der Waals surface area contributed by atoms with Gasteiger partial charge in [-0.25, -0.2) is 0 Å². The van der Waals surface area contributed by atoms with Gasteiger partial charge in [-0.05, 0) is 258 Å². The van der Waals surface area contributed by atoms with E-state index in [0.29, 0.717) is 41.4 Å². The molecule has 5 N–H and O–H groups in total. The van der Waals surface area contributed by atoms with Crippen molar-refractivity contribution in [1.82, 2.24) is 26.6 Å². The van der Waals surface area contributed by atoms with Crippen LogP contribution in [-0.4, -0.2) is 121 Å². The summed E-state index contributed by atoms with van der Waals surface area (Å²) in [7, 11) is 0. The summed E-state index contributed by atoms with van der Waals surface area (Å²) in [6, 6.07) is 0. The lowest BCUT2D eigenvalue weighted by atomic mass is 9.81. The number of hydrogen-bond donors (Lipinski definition) is 5. The van der Waals surface area contributed by atoms with Gasteiger partial charge in [-0.1, -0.05) is 146 Å². The Balaban J connectivity index is 0.000000316. The molecule has 7 aliphatic rings. The molecule has 97 heavy (non-hydrogen) atoms. The maximum absolute atomic E-state index is 12.4. The van der Waals surface area contributed by atoms with E-state index in [9.17, 15) is 24.0 Å². The van der Waals surface area contributed by atoms with E-state index in [1.165, 1.54) is 154 Å². The summed E-state index contributed by atoms with van der Waals surface area (Å²) >= 11 is 0. The molecular weight excluding hydrogens is 1210 g/mol. The summed E-state index contributed by atoms with van der Waals surface area (Å²) in [4.78, 5) is 61.7. The van der Waals surface area contributed by atoms with Gasteiger partial charge in [0.2, 0.25) is 29.5 Å². The third-order valence-electron chi connectivity index (χ3n) is 19.6. The molecule has 7 fully saturated rings. The molecule has 5 amide bonds. The molecule has 568 valence electrons. The zero-order valence-electron chi connectivity index (χ0n) is 67.3. The lowest BCUT2D eigenvalue weighted by Gasteiger charge is -2.33. The smallest absolute Gasteiger partial charge is 0.250 e. The second-order valence-corrected chi connectivity index (χ2v) is 39.0. The second kappa shape index (κ2) is 41.4. The molecule has 0 radical (unpaired) electrons. The van der Waals surface area contributed by atoms with Gasteiger partial charge in [0, 0.05) is 27.7 Å². The molecule has 7 atom stereocenters. The van der Waals surface area contributed by atoms with Crippen LogP contribution in [0.2, 0.25) is 0 Å². The number of carbonyl (C=O) groups is 5. The Hall–Kier alpha value is -2.85. The lowest BCUT2D eigenvalue weighted by molar-refractivity contribution is -0.143. The first-order valence-electron chi connectivity index (χ1n) is 39.4. The van der Waals surface area contributed by atoms with Gasteiger partial charge in [-0.15, -0.1) is 0 Å². The summed E-state index contributed by atoms with van der Waals surface area (Å²) in [5, 5.41) is 15.3. The highest BCUT2D eigenvalue weighted by molar-refractivity contribution is 5.83. The van der Waals surface area contributed by atoms with E-state index in [1.807, 2.05) is 118 Å². The fraction of sp³-hybridized carbons (Fsp3) is 0.939. The summed E-state index contributed by atoms with van der Waals surface area (Å²) in [6.45, 7) is 52.9. The molecular formula is C82H155N5O10. The van der Waals surface area contributed by atoms with Crippen LogP contribution in [-0.2, 0) is 47.7 Å². The topological polar surface area (TPSA) is 192 Å². The van der Waals surface area contributed by atoms with Crippen molar-refractivity contribution < 1.29 is 47.7 Å². The normalized spacial score (nSPS) is 21.8. The van der Waals surface area contributed by atoms with Gasteiger partial charge in [0.25, 0.3) is 0 Å². The number of rotatable bonds is 26. The van der Waals surface area contributed by atoms with Crippen LogP contribution in [0.1, 0.15) is 340 Å². The Morgan fingerprint density at radius 3 is 0.887 bits per heavy atom. The van der Waals surface area contributed by atoms with Crippen molar-refractivity contribution in [2.75, 3.05) is 33.0 Å². The first-order chi connectivity index (χ1) is 44.7. The largest absolute Gasteiger partial charge is 0.368 e. The van der Waals surface area contributed by atoms with Crippen LogP contribution in [0.5, 0.6) is 0 Å². The van der Waals surface area contributed by atoms with Crippen molar-refractivity contribution >= 4 is 29.5 Å². The van der Waals surface area contributed by atoms with Crippen molar-refractivity contribution in [3.05, 3.63) is 0 Å². The molecule has 15 nitrogen and oxygen atoms in total. The molecule has 15 heteroatoms. The standard InChI is InChI=1S/2C17H31NO2.C17H33NO2.C16H31NO2.C15H29NO2/c1-12-9-14(12)10-15(16(19)18-17(2,3)4)20-11-13-7-5-6-8-13;1-17(2,3)18-16(19)15(11-13-9-6-10-13)20-12-14-7-4-5-8-14;1-16(2,3)11-14(15(19)18-17(4,5)6)20-12-13-9-7-8-10-13;1-15(2,3)13(14(18)17-16(4,5)6)19-11-12-9-7-8-10-12;1-11(2)13(14(17)16-15(3,4)5)18-10-12-8-6-7-9-12/h12-15H,5-11H2,1-4H3,(H,18,19);13-15H,4-12H2,1-3H3,(H,18,19);13-14H,7-12H2,1-6H3,(H,18,19);12-13H,7-11H2,1-6H3,(H,17,18);11-13H,6-10H2,1-5H3,(H,16,17). The number of ether oxygens (including phenoxy) is 5. The van der Waals surface area contributed by atoms with Crippen molar-refractivity contribution in [2.24, 2.45) is 64.1 Å². The third kappa shape index (κ3) is 41.1. The molecule has 0 heterocycles. The minimum atomic E-state index is -0.368. The van der Waals surface area contributed by atoms with Crippen LogP contribution in [0.25, 0.3) is 0 Å².